The maximum absolute atomic E-state index is 12.2. The second-order valence-corrected chi connectivity index (χ2v) is 4.59. The van der Waals surface area contributed by atoms with Crippen molar-refractivity contribution in [2.24, 2.45) is 5.92 Å². The van der Waals surface area contributed by atoms with E-state index in [2.05, 4.69) is 6.58 Å². The summed E-state index contributed by atoms with van der Waals surface area (Å²) in [5.41, 5.74) is 0. The molecule has 2 amide bonds. The highest BCUT2D eigenvalue weighted by Gasteiger charge is 2.22. The lowest BCUT2D eigenvalue weighted by Gasteiger charge is -2.29. The minimum Gasteiger partial charge on any atom is -0.480 e. The first-order chi connectivity index (χ1) is 8.92. The molecule has 0 saturated carbocycles. The third kappa shape index (κ3) is 7.09. The van der Waals surface area contributed by atoms with Gasteiger partial charge in [0.1, 0.15) is 6.54 Å². The maximum atomic E-state index is 12.2. The topological polar surface area (TPSA) is 84.6 Å². The van der Waals surface area contributed by atoms with Gasteiger partial charge in [0.15, 0.2) is 0 Å². The van der Waals surface area contributed by atoms with Crippen molar-refractivity contribution in [2.75, 3.05) is 26.2 Å². The fourth-order valence-corrected chi connectivity index (χ4v) is 1.62. The van der Waals surface area contributed by atoms with Crippen molar-refractivity contribution < 1.29 is 14.7 Å². The quantitative estimate of drug-likeness (QED) is 0.676. The van der Waals surface area contributed by atoms with Gasteiger partial charge in [0, 0.05) is 19.6 Å². The number of urea groups is 1. The Morgan fingerprint density at radius 1 is 1.42 bits per heavy atom. The van der Waals surface area contributed by atoms with E-state index in [-0.39, 0.29) is 31.5 Å². The van der Waals surface area contributed by atoms with Gasteiger partial charge in [-0.25, -0.2) is 4.79 Å². The van der Waals surface area contributed by atoms with Crippen LogP contribution in [0.25, 0.3) is 0 Å². The highest BCUT2D eigenvalue weighted by molar-refractivity contribution is 5.80. The van der Waals surface area contributed by atoms with E-state index in [4.69, 9.17) is 10.4 Å². The SMILES string of the molecule is C=CCN(CC(=O)O)C(=O)N(CCC#N)CC(C)C. The Labute approximate surface area is 113 Å². The summed E-state index contributed by atoms with van der Waals surface area (Å²) in [6, 6.07) is 1.62. The summed E-state index contributed by atoms with van der Waals surface area (Å²) in [7, 11) is 0. The standard InChI is InChI=1S/C13H21N3O3/c1-4-7-15(10-12(17)18)13(19)16(8-5-6-14)9-11(2)3/h4,11H,1,5,7-10H2,2-3H3,(H,17,18). The summed E-state index contributed by atoms with van der Waals surface area (Å²) in [6.07, 6.45) is 1.71. The Bertz CT molecular complexity index is 361. The average Bonchev–Trinajstić information content (AvgIpc) is 2.32. The molecule has 0 bridgehead atoms. The number of amides is 2. The Kier molecular flexibility index (Phi) is 8.02. The zero-order chi connectivity index (χ0) is 14.8. The van der Waals surface area contributed by atoms with E-state index in [1.54, 1.807) is 0 Å². The van der Waals surface area contributed by atoms with Crippen LogP contribution in [0, 0.1) is 17.2 Å². The zero-order valence-corrected chi connectivity index (χ0v) is 11.5. The number of hydrogen-bond acceptors (Lipinski definition) is 3. The van der Waals surface area contributed by atoms with Crippen LogP contribution in [0.15, 0.2) is 12.7 Å². The highest BCUT2D eigenvalue weighted by Crippen LogP contribution is 2.05. The molecule has 0 radical (unpaired) electrons. The van der Waals surface area contributed by atoms with E-state index >= 15 is 0 Å². The van der Waals surface area contributed by atoms with Gasteiger partial charge >= 0.3 is 12.0 Å². The van der Waals surface area contributed by atoms with E-state index in [1.165, 1.54) is 15.9 Å². The second kappa shape index (κ2) is 8.97. The molecule has 0 rings (SSSR count). The number of carboxylic acid groups (broad SMARTS) is 1. The third-order valence-corrected chi connectivity index (χ3v) is 2.30. The van der Waals surface area contributed by atoms with Crippen molar-refractivity contribution in [2.45, 2.75) is 20.3 Å². The molecule has 0 heterocycles. The van der Waals surface area contributed by atoms with Gasteiger partial charge in [0.25, 0.3) is 0 Å². The minimum atomic E-state index is -1.07. The molecule has 0 aromatic rings. The lowest BCUT2D eigenvalue weighted by Crippen LogP contribution is -2.47. The van der Waals surface area contributed by atoms with Crippen molar-refractivity contribution >= 4 is 12.0 Å². The normalized spacial score (nSPS) is 9.79. The molecule has 19 heavy (non-hydrogen) atoms. The smallest absolute Gasteiger partial charge is 0.323 e. The van der Waals surface area contributed by atoms with E-state index < -0.39 is 5.97 Å². The molecule has 1 N–H and O–H groups in total. The number of carbonyl (C=O) groups excluding carboxylic acids is 1. The van der Waals surface area contributed by atoms with E-state index in [1.807, 2.05) is 19.9 Å². The van der Waals surface area contributed by atoms with Crippen molar-refractivity contribution in [3.63, 3.8) is 0 Å². The molecule has 0 unspecified atom stereocenters. The number of nitriles is 1. The van der Waals surface area contributed by atoms with E-state index in [0.29, 0.717) is 13.1 Å². The molecule has 0 aromatic heterocycles. The van der Waals surface area contributed by atoms with Gasteiger partial charge in [-0.3, -0.25) is 4.79 Å². The summed E-state index contributed by atoms with van der Waals surface area (Å²) in [5, 5.41) is 17.4. The molecule has 0 fully saturated rings. The number of nitrogens with zero attached hydrogens (tertiary/aromatic N) is 3. The van der Waals surface area contributed by atoms with Gasteiger partial charge in [-0.05, 0) is 5.92 Å². The van der Waals surface area contributed by atoms with E-state index in [9.17, 15) is 9.59 Å². The lowest BCUT2D eigenvalue weighted by molar-refractivity contribution is -0.137. The van der Waals surface area contributed by atoms with Gasteiger partial charge < -0.3 is 14.9 Å². The van der Waals surface area contributed by atoms with Crippen LogP contribution in [0.3, 0.4) is 0 Å². The Morgan fingerprint density at radius 2 is 2.05 bits per heavy atom. The number of carbonyl (C=O) groups is 2. The molecule has 106 valence electrons. The van der Waals surface area contributed by atoms with Crippen molar-refractivity contribution in [1.29, 1.82) is 5.26 Å². The molecule has 0 aromatic carbocycles. The molecular formula is C13H21N3O3. The first kappa shape index (κ1) is 17.0. The van der Waals surface area contributed by atoms with Crippen molar-refractivity contribution in [1.82, 2.24) is 9.80 Å². The van der Waals surface area contributed by atoms with Crippen molar-refractivity contribution in [3.05, 3.63) is 12.7 Å². The first-order valence-electron chi connectivity index (χ1n) is 6.15. The van der Waals surface area contributed by atoms with Crippen LogP contribution in [0.5, 0.6) is 0 Å². The number of hydrogen-bond donors (Lipinski definition) is 1. The Morgan fingerprint density at radius 3 is 2.47 bits per heavy atom. The minimum absolute atomic E-state index is 0.173. The number of aliphatic carboxylic acids is 1. The van der Waals surface area contributed by atoms with Gasteiger partial charge in [-0.2, -0.15) is 5.26 Å². The van der Waals surface area contributed by atoms with Gasteiger partial charge in [-0.1, -0.05) is 19.9 Å². The monoisotopic (exact) mass is 267 g/mol. The van der Waals surface area contributed by atoms with Crippen LogP contribution in [0.1, 0.15) is 20.3 Å². The third-order valence-electron chi connectivity index (χ3n) is 2.30. The zero-order valence-electron chi connectivity index (χ0n) is 11.5. The summed E-state index contributed by atoms with van der Waals surface area (Å²) in [6.45, 7) is 8.04. The van der Waals surface area contributed by atoms with E-state index in [0.717, 1.165) is 0 Å². The molecule has 0 saturated heterocycles. The summed E-state index contributed by atoms with van der Waals surface area (Å²) < 4.78 is 0. The molecular weight excluding hydrogens is 246 g/mol. The van der Waals surface area contributed by atoms with Gasteiger partial charge in [0.2, 0.25) is 0 Å². The van der Waals surface area contributed by atoms with Gasteiger partial charge in [-0.15, -0.1) is 6.58 Å². The molecule has 0 spiro atoms. The molecule has 0 aliphatic heterocycles. The van der Waals surface area contributed by atoms with Crippen LogP contribution in [-0.4, -0.2) is 53.1 Å². The molecule has 6 heteroatoms. The summed E-state index contributed by atoms with van der Waals surface area (Å²) >= 11 is 0. The van der Waals surface area contributed by atoms with Gasteiger partial charge in [0.05, 0.1) is 12.5 Å². The van der Waals surface area contributed by atoms with Crippen LogP contribution in [0.2, 0.25) is 0 Å². The maximum Gasteiger partial charge on any atom is 0.323 e. The van der Waals surface area contributed by atoms with Crippen LogP contribution in [-0.2, 0) is 4.79 Å². The predicted octanol–water partition coefficient (Wildman–Crippen LogP) is 1.55. The van der Waals surface area contributed by atoms with Crippen LogP contribution in [0.4, 0.5) is 4.79 Å². The highest BCUT2D eigenvalue weighted by atomic mass is 16.4. The molecule has 6 nitrogen and oxygen atoms in total. The van der Waals surface area contributed by atoms with Crippen LogP contribution < -0.4 is 0 Å². The fourth-order valence-electron chi connectivity index (χ4n) is 1.62. The fraction of sp³-hybridized carbons (Fsp3) is 0.615. The number of carboxylic acids is 1. The summed E-state index contributed by atoms with van der Waals surface area (Å²) in [5.74, 6) is -0.821. The second-order valence-electron chi connectivity index (χ2n) is 4.59. The molecule has 0 aliphatic carbocycles. The molecule has 0 atom stereocenters. The predicted molar refractivity (Wildman–Crippen MR) is 71.4 cm³/mol. The van der Waals surface area contributed by atoms with Crippen LogP contribution >= 0.6 is 0 Å². The number of rotatable bonds is 8. The largest absolute Gasteiger partial charge is 0.480 e. The van der Waals surface area contributed by atoms with Crippen molar-refractivity contribution in [3.8, 4) is 6.07 Å². The first-order valence-corrected chi connectivity index (χ1v) is 6.15. The Hall–Kier alpha value is -2.03. The molecule has 0 aliphatic rings. The Balaban J connectivity index is 4.83. The average molecular weight is 267 g/mol. The summed E-state index contributed by atoms with van der Waals surface area (Å²) in [4.78, 5) is 25.7. The lowest BCUT2D eigenvalue weighted by atomic mass is 10.2.